The lowest BCUT2D eigenvalue weighted by Gasteiger charge is -2.11. The smallest absolute Gasteiger partial charge is 0.315 e. The van der Waals surface area contributed by atoms with Crippen molar-refractivity contribution in [3.63, 3.8) is 0 Å². The summed E-state index contributed by atoms with van der Waals surface area (Å²) in [4.78, 5) is 11.6. The van der Waals surface area contributed by atoms with E-state index in [1.165, 1.54) is 0 Å². The van der Waals surface area contributed by atoms with Crippen LogP contribution in [0.25, 0.3) is 11.0 Å². The number of urea groups is 1. The number of carbonyl (C=O) groups is 1. The number of hydrogen-bond acceptors (Lipinski definition) is 2. The van der Waals surface area contributed by atoms with Gasteiger partial charge in [0.05, 0.1) is 6.04 Å². The van der Waals surface area contributed by atoms with E-state index in [1.807, 2.05) is 37.3 Å². The van der Waals surface area contributed by atoms with Crippen molar-refractivity contribution in [2.24, 2.45) is 0 Å². The van der Waals surface area contributed by atoms with Gasteiger partial charge in [-0.15, -0.1) is 0 Å². The SMILES string of the molecule is CC(NC(=O)NC1CC1)c1cc2ccccc2o1. The second-order valence-electron chi connectivity index (χ2n) is 4.80. The number of furan rings is 1. The molecule has 1 unspecified atom stereocenters. The van der Waals surface area contributed by atoms with E-state index in [2.05, 4.69) is 10.6 Å². The van der Waals surface area contributed by atoms with Crippen molar-refractivity contribution >= 4 is 17.0 Å². The van der Waals surface area contributed by atoms with E-state index in [-0.39, 0.29) is 12.1 Å². The summed E-state index contributed by atoms with van der Waals surface area (Å²) in [6.45, 7) is 1.92. The molecule has 1 aliphatic rings. The number of benzene rings is 1. The molecule has 1 aromatic heterocycles. The van der Waals surface area contributed by atoms with Crippen molar-refractivity contribution in [2.45, 2.75) is 31.8 Å². The number of rotatable bonds is 3. The van der Waals surface area contributed by atoms with E-state index < -0.39 is 0 Å². The lowest BCUT2D eigenvalue weighted by Crippen LogP contribution is -2.38. The van der Waals surface area contributed by atoms with E-state index in [0.717, 1.165) is 29.6 Å². The molecule has 4 heteroatoms. The Labute approximate surface area is 105 Å². The van der Waals surface area contributed by atoms with Crippen LogP contribution in [0.1, 0.15) is 31.6 Å². The third-order valence-electron chi connectivity index (χ3n) is 3.13. The Kier molecular flexibility index (Phi) is 2.70. The molecule has 1 fully saturated rings. The normalized spacial score (nSPS) is 16.5. The Morgan fingerprint density at radius 1 is 1.39 bits per heavy atom. The molecule has 2 aromatic rings. The van der Waals surface area contributed by atoms with Gasteiger partial charge >= 0.3 is 6.03 Å². The highest BCUT2D eigenvalue weighted by atomic mass is 16.3. The molecule has 3 rings (SSSR count). The lowest BCUT2D eigenvalue weighted by atomic mass is 10.2. The van der Waals surface area contributed by atoms with Crippen molar-refractivity contribution in [1.29, 1.82) is 0 Å². The standard InChI is InChI=1S/C14H16N2O2/c1-9(15-14(17)16-11-6-7-11)13-8-10-4-2-3-5-12(10)18-13/h2-5,8-9,11H,6-7H2,1H3,(H2,15,16,17). The molecule has 1 aromatic carbocycles. The predicted octanol–water partition coefficient (Wildman–Crippen LogP) is 2.96. The van der Waals surface area contributed by atoms with Gasteiger partial charge in [0.25, 0.3) is 0 Å². The average Bonchev–Trinajstić information content (AvgIpc) is 3.05. The monoisotopic (exact) mass is 244 g/mol. The summed E-state index contributed by atoms with van der Waals surface area (Å²) in [5.74, 6) is 0.780. The summed E-state index contributed by atoms with van der Waals surface area (Å²) in [6, 6.07) is 9.93. The third kappa shape index (κ3) is 2.32. The molecular weight excluding hydrogens is 228 g/mol. The maximum atomic E-state index is 11.6. The topological polar surface area (TPSA) is 54.3 Å². The maximum Gasteiger partial charge on any atom is 0.315 e. The second-order valence-corrected chi connectivity index (χ2v) is 4.80. The molecule has 1 saturated carbocycles. The van der Waals surface area contributed by atoms with E-state index in [4.69, 9.17) is 4.42 Å². The molecule has 1 heterocycles. The van der Waals surface area contributed by atoms with Crippen molar-refractivity contribution in [1.82, 2.24) is 10.6 Å². The summed E-state index contributed by atoms with van der Waals surface area (Å²) in [5, 5.41) is 6.84. The number of carbonyl (C=O) groups excluding carboxylic acids is 1. The fraction of sp³-hybridized carbons (Fsp3) is 0.357. The lowest BCUT2D eigenvalue weighted by molar-refractivity contribution is 0.236. The highest BCUT2D eigenvalue weighted by Crippen LogP contribution is 2.23. The Bertz CT molecular complexity index is 539. The number of para-hydroxylation sites is 1. The predicted molar refractivity (Wildman–Crippen MR) is 69.3 cm³/mol. The van der Waals surface area contributed by atoms with Gasteiger partial charge < -0.3 is 15.1 Å². The molecule has 0 bridgehead atoms. The molecule has 4 nitrogen and oxygen atoms in total. The van der Waals surface area contributed by atoms with Crippen LogP contribution in [0, 0.1) is 0 Å². The minimum atomic E-state index is -0.129. The highest BCUT2D eigenvalue weighted by molar-refractivity contribution is 5.78. The van der Waals surface area contributed by atoms with Gasteiger partial charge in [0.1, 0.15) is 11.3 Å². The zero-order valence-electron chi connectivity index (χ0n) is 10.3. The van der Waals surface area contributed by atoms with E-state index in [0.29, 0.717) is 6.04 Å². The molecule has 0 aliphatic heterocycles. The molecule has 94 valence electrons. The van der Waals surface area contributed by atoms with Gasteiger partial charge in [0.2, 0.25) is 0 Å². The quantitative estimate of drug-likeness (QED) is 0.872. The average molecular weight is 244 g/mol. The minimum Gasteiger partial charge on any atom is -0.459 e. The molecule has 18 heavy (non-hydrogen) atoms. The fourth-order valence-electron chi connectivity index (χ4n) is 1.94. The van der Waals surface area contributed by atoms with Crippen LogP contribution in [0.4, 0.5) is 4.79 Å². The molecule has 0 saturated heterocycles. The van der Waals surface area contributed by atoms with Crippen molar-refractivity contribution in [3.05, 3.63) is 36.1 Å². The van der Waals surface area contributed by atoms with Crippen molar-refractivity contribution in [3.8, 4) is 0 Å². The Balaban J connectivity index is 1.70. The van der Waals surface area contributed by atoms with Gasteiger partial charge in [-0.2, -0.15) is 0 Å². The third-order valence-corrected chi connectivity index (χ3v) is 3.13. The summed E-state index contributed by atoms with van der Waals surface area (Å²) in [5.41, 5.74) is 0.851. The number of amides is 2. The van der Waals surface area contributed by atoms with E-state index in [1.54, 1.807) is 0 Å². The number of nitrogens with one attached hydrogen (secondary N) is 2. The van der Waals surface area contributed by atoms with Gasteiger partial charge in [-0.05, 0) is 31.9 Å². The second kappa shape index (κ2) is 4.37. The van der Waals surface area contributed by atoms with E-state index >= 15 is 0 Å². The molecule has 1 atom stereocenters. The first kappa shape index (κ1) is 11.1. The largest absolute Gasteiger partial charge is 0.459 e. The molecule has 2 amide bonds. The van der Waals surface area contributed by atoms with Crippen LogP contribution in [0.15, 0.2) is 34.7 Å². The van der Waals surface area contributed by atoms with Gasteiger partial charge in [0.15, 0.2) is 0 Å². The number of fused-ring (bicyclic) bond motifs is 1. The fourth-order valence-corrected chi connectivity index (χ4v) is 1.94. The van der Waals surface area contributed by atoms with Crippen LogP contribution in [-0.2, 0) is 0 Å². The first-order valence-corrected chi connectivity index (χ1v) is 6.28. The first-order chi connectivity index (χ1) is 8.72. The van der Waals surface area contributed by atoms with Crippen molar-refractivity contribution in [2.75, 3.05) is 0 Å². The van der Waals surface area contributed by atoms with Crippen LogP contribution >= 0.6 is 0 Å². The summed E-state index contributed by atoms with van der Waals surface area (Å²) < 4.78 is 5.71. The summed E-state index contributed by atoms with van der Waals surface area (Å²) in [7, 11) is 0. The van der Waals surface area contributed by atoms with Gasteiger partial charge in [-0.3, -0.25) is 0 Å². The van der Waals surface area contributed by atoms with Gasteiger partial charge in [-0.1, -0.05) is 18.2 Å². The summed E-state index contributed by atoms with van der Waals surface area (Å²) >= 11 is 0. The van der Waals surface area contributed by atoms with Crippen LogP contribution in [0.2, 0.25) is 0 Å². The maximum absolute atomic E-state index is 11.6. The zero-order chi connectivity index (χ0) is 12.5. The van der Waals surface area contributed by atoms with E-state index in [9.17, 15) is 4.79 Å². The van der Waals surface area contributed by atoms with Crippen LogP contribution < -0.4 is 10.6 Å². The van der Waals surface area contributed by atoms with Crippen LogP contribution in [0.3, 0.4) is 0 Å². The number of hydrogen-bond donors (Lipinski definition) is 2. The zero-order valence-corrected chi connectivity index (χ0v) is 10.3. The Morgan fingerprint density at radius 2 is 2.17 bits per heavy atom. The Morgan fingerprint density at radius 3 is 2.89 bits per heavy atom. The molecule has 2 N–H and O–H groups in total. The van der Waals surface area contributed by atoms with Crippen LogP contribution in [-0.4, -0.2) is 12.1 Å². The van der Waals surface area contributed by atoms with Gasteiger partial charge in [-0.25, -0.2) is 4.79 Å². The minimum absolute atomic E-state index is 0.120. The van der Waals surface area contributed by atoms with Crippen molar-refractivity contribution < 1.29 is 9.21 Å². The van der Waals surface area contributed by atoms with Crippen LogP contribution in [0.5, 0.6) is 0 Å². The summed E-state index contributed by atoms with van der Waals surface area (Å²) in [6.07, 6.45) is 2.18. The molecular formula is C14H16N2O2. The highest BCUT2D eigenvalue weighted by Gasteiger charge is 2.24. The molecule has 1 aliphatic carbocycles. The van der Waals surface area contributed by atoms with Gasteiger partial charge in [0, 0.05) is 11.4 Å². The first-order valence-electron chi connectivity index (χ1n) is 6.28. The molecule has 0 radical (unpaired) electrons. The Hall–Kier alpha value is -1.97. The molecule has 0 spiro atoms.